The van der Waals surface area contributed by atoms with Crippen LogP contribution in [0.3, 0.4) is 0 Å². The Hall–Kier alpha value is -2.34. The molecule has 1 fully saturated rings. The van der Waals surface area contributed by atoms with Gasteiger partial charge in [-0.1, -0.05) is 18.2 Å². The molecular weight excluding hydrogens is 348 g/mol. The van der Waals surface area contributed by atoms with Gasteiger partial charge >= 0.3 is 0 Å². The number of carbonyl (C=O) groups is 1. The summed E-state index contributed by atoms with van der Waals surface area (Å²) in [6.45, 7) is 0.927. The van der Waals surface area contributed by atoms with Crippen molar-refractivity contribution >= 4 is 21.4 Å². The second-order valence-corrected chi connectivity index (χ2v) is 9.02. The van der Waals surface area contributed by atoms with Crippen molar-refractivity contribution in [3.8, 4) is 0 Å². The average Bonchev–Trinajstić information content (AvgIpc) is 2.68. The summed E-state index contributed by atoms with van der Waals surface area (Å²) < 4.78 is 25.5. The van der Waals surface area contributed by atoms with Crippen molar-refractivity contribution in [3.63, 3.8) is 0 Å². The molecule has 0 bridgehead atoms. The molecule has 0 radical (unpaired) electrons. The van der Waals surface area contributed by atoms with Crippen LogP contribution in [0.15, 0.2) is 59.5 Å². The maximum Gasteiger partial charge on any atom is 0.253 e. The molecule has 0 atom stereocenters. The predicted octanol–water partition coefficient (Wildman–Crippen LogP) is 2.83. The fourth-order valence-electron chi connectivity index (χ4n) is 3.26. The van der Waals surface area contributed by atoms with Gasteiger partial charge in [0.05, 0.1) is 10.1 Å². The van der Waals surface area contributed by atoms with Crippen LogP contribution < -0.4 is 4.90 Å². The number of hydrogen-bond donors (Lipinski definition) is 0. The number of benzene rings is 2. The van der Waals surface area contributed by atoms with Crippen molar-refractivity contribution in [1.82, 2.24) is 4.90 Å². The first-order valence-corrected chi connectivity index (χ1v) is 10.3. The molecule has 2 aromatic rings. The van der Waals surface area contributed by atoms with Gasteiger partial charge in [0, 0.05) is 38.4 Å². The van der Waals surface area contributed by atoms with Gasteiger partial charge in [0.25, 0.3) is 5.91 Å². The van der Waals surface area contributed by atoms with E-state index < -0.39 is 15.1 Å². The number of rotatable bonds is 4. The lowest BCUT2D eigenvalue weighted by molar-refractivity contribution is 0.0725. The maximum atomic E-state index is 12.7. The van der Waals surface area contributed by atoms with Crippen LogP contribution in [0.2, 0.25) is 0 Å². The first-order chi connectivity index (χ1) is 12.4. The monoisotopic (exact) mass is 372 g/mol. The number of piperidine rings is 1. The minimum absolute atomic E-state index is 0.0362. The summed E-state index contributed by atoms with van der Waals surface area (Å²) in [7, 11) is 0.572. The summed E-state index contributed by atoms with van der Waals surface area (Å²) in [6.07, 6.45) is 0.942. The molecule has 1 amide bonds. The number of hydrogen-bond acceptors (Lipinski definition) is 4. The van der Waals surface area contributed by atoms with Crippen molar-refractivity contribution in [2.45, 2.75) is 23.0 Å². The summed E-state index contributed by atoms with van der Waals surface area (Å²) in [5, 5.41) is -0.426. The van der Waals surface area contributed by atoms with Gasteiger partial charge < -0.3 is 9.80 Å². The number of likely N-dealkylation sites (tertiary alicyclic amines) is 1. The number of nitrogens with zero attached hydrogens (tertiary/aromatic N) is 2. The Morgan fingerprint density at radius 3 is 2.08 bits per heavy atom. The van der Waals surface area contributed by atoms with E-state index in [0.29, 0.717) is 36.4 Å². The van der Waals surface area contributed by atoms with E-state index in [9.17, 15) is 13.2 Å². The summed E-state index contributed by atoms with van der Waals surface area (Å²) in [5.41, 5.74) is 1.68. The van der Waals surface area contributed by atoms with E-state index in [2.05, 4.69) is 0 Å². The molecule has 0 aliphatic carbocycles. The molecule has 0 spiro atoms. The second-order valence-electron chi connectivity index (χ2n) is 6.79. The summed E-state index contributed by atoms with van der Waals surface area (Å²) in [4.78, 5) is 16.8. The van der Waals surface area contributed by atoms with Gasteiger partial charge in [-0.05, 0) is 49.2 Å². The Labute approximate surface area is 155 Å². The molecule has 1 aliphatic heterocycles. The molecule has 3 rings (SSSR count). The van der Waals surface area contributed by atoms with Gasteiger partial charge in [-0.25, -0.2) is 8.42 Å². The maximum absolute atomic E-state index is 12.7. The zero-order chi connectivity index (χ0) is 18.7. The molecule has 0 unspecified atom stereocenters. The fourth-order valence-corrected chi connectivity index (χ4v) is 5.01. The van der Waals surface area contributed by atoms with Gasteiger partial charge in [-0.15, -0.1) is 0 Å². The SMILES string of the molecule is CN(C)c1ccc(C(=O)N2CCC(S(=O)(=O)c3ccccc3)CC2)cc1. The van der Waals surface area contributed by atoms with Gasteiger partial charge in [0.15, 0.2) is 9.84 Å². The lowest BCUT2D eigenvalue weighted by Crippen LogP contribution is -2.42. The van der Waals surface area contributed by atoms with Crippen LogP contribution in [0.5, 0.6) is 0 Å². The lowest BCUT2D eigenvalue weighted by atomic mass is 10.1. The first kappa shape index (κ1) is 18.5. The molecule has 1 heterocycles. The predicted molar refractivity (Wildman–Crippen MR) is 103 cm³/mol. The smallest absolute Gasteiger partial charge is 0.253 e. The molecular formula is C20H24N2O3S. The number of anilines is 1. The van der Waals surface area contributed by atoms with E-state index in [0.717, 1.165) is 5.69 Å². The highest BCUT2D eigenvalue weighted by Gasteiger charge is 2.32. The largest absolute Gasteiger partial charge is 0.378 e. The molecule has 1 aliphatic rings. The first-order valence-electron chi connectivity index (χ1n) is 8.75. The van der Waals surface area contributed by atoms with Crippen molar-refractivity contribution in [2.24, 2.45) is 0 Å². The van der Waals surface area contributed by atoms with Gasteiger partial charge in [-0.3, -0.25) is 4.79 Å². The van der Waals surface area contributed by atoms with Crippen molar-refractivity contribution in [3.05, 3.63) is 60.2 Å². The molecule has 0 aromatic heterocycles. The molecule has 1 saturated heterocycles. The third-order valence-electron chi connectivity index (χ3n) is 4.87. The third kappa shape index (κ3) is 3.75. The van der Waals surface area contributed by atoms with Crippen LogP contribution in [0, 0.1) is 0 Å². The Morgan fingerprint density at radius 1 is 0.962 bits per heavy atom. The van der Waals surface area contributed by atoms with Crippen LogP contribution in [-0.4, -0.2) is 51.7 Å². The lowest BCUT2D eigenvalue weighted by Gasteiger charge is -2.32. The van der Waals surface area contributed by atoms with Gasteiger partial charge in [0.2, 0.25) is 0 Å². The van der Waals surface area contributed by atoms with Crippen LogP contribution in [-0.2, 0) is 9.84 Å². The van der Waals surface area contributed by atoms with Crippen LogP contribution in [0.1, 0.15) is 23.2 Å². The van der Waals surface area contributed by atoms with E-state index in [1.807, 2.05) is 49.3 Å². The second kappa shape index (κ2) is 7.50. The molecule has 2 aromatic carbocycles. The third-order valence-corrected chi connectivity index (χ3v) is 7.15. The molecule has 5 nitrogen and oxygen atoms in total. The summed E-state index contributed by atoms with van der Waals surface area (Å²) >= 11 is 0. The number of carbonyl (C=O) groups excluding carboxylic acids is 1. The Balaban J connectivity index is 1.65. The summed E-state index contributed by atoms with van der Waals surface area (Å²) in [5.74, 6) is -0.0362. The zero-order valence-corrected chi connectivity index (χ0v) is 15.9. The number of amides is 1. The van der Waals surface area contributed by atoms with E-state index in [-0.39, 0.29) is 5.91 Å². The normalized spacial score (nSPS) is 15.7. The molecule has 0 N–H and O–H groups in total. The van der Waals surface area contributed by atoms with E-state index in [4.69, 9.17) is 0 Å². The molecule has 138 valence electrons. The topological polar surface area (TPSA) is 57.7 Å². The van der Waals surface area contributed by atoms with Gasteiger partial charge in [-0.2, -0.15) is 0 Å². The molecule has 6 heteroatoms. The molecule has 0 saturated carbocycles. The quantitative estimate of drug-likeness (QED) is 0.828. The highest BCUT2D eigenvalue weighted by Crippen LogP contribution is 2.25. The average molecular weight is 372 g/mol. The Bertz CT molecular complexity index is 854. The van der Waals surface area contributed by atoms with E-state index in [1.165, 1.54) is 0 Å². The highest BCUT2D eigenvalue weighted by molar-refractivity contribution is 7.92. The van der Waals surface area contributed by atoms with E-state index in [1.54, 1.807) is 29.2 Å². The zero-order valence-electron chi connectivity index (χ0n) is 15.1. The minimum atomic E-state index is -3.33. The molecule has 26 heavy (non-hydrogen) atoms. The van der Waals surface area contributed by atoms with Crippen LogP contribution in [0.4, 0.5) is 5.69 Å². The van der Waals surface area contributed by atoms with Gasteiger partial charge in [0.1, 0.15) is 0 Å². The minimum Gasteiger partial charge on any atom is -0.378 e. The standard InChI is InChI=1S/C20H24N2O3S/c1-21(2)17-10-8-16(9-11-17)20(23)22-14-12-19(13-15-22)26(24,25)18-6-4-3-5-7-18/h3-11,19H,12-15H2,1-2H3. The van der Waals surface area contributed by atoms with Crippen molar-refractivity contribution < 1.29 is 13.2 Å². The summed E-state index contributed by atoms with van der Waals surface area (Å²) in [6, 6.07) is 16.0. The Morgan fingerprint density at radius 2 is 1.54 bits per heavy atom. The highest BCUT2D eigenvalue weighted by atomic mass is 32.2. The van der Waals surface area contributed by atoms with Crippen molar-refractivity contribution in [2.75, 3.05) is 32.1 Å². The van der Waals surface area contributed by atoms with Crippen LogP contribution in [0.25, 0.3) is 0 Å². The Kier molecular flexibility index (Phi) is 5.32. The van der Waals surface area contributed by atoms with E-state index >= 15 is 0 Å². The van der Waals surface area contributed by atoms with Crippen LogP contribution >= 0.6 is 0 Å². The number of sulfone groups is 1. The van der Waals surface area contributed by atoms with Crippen molar-refractivity contribution in [1.29, 1.82) is 0 Å². The fraction of sp³-hybridized carbons (Fsp3) is 0.350.